The van der Waals surface area contributed by atoms with Gasteiger partial charge in [0.1, 0.15) is 11.7 Å². The molecule has 2 aliphatic rings. The van der Waals surface area contributed by atoms with E-state index in [1.807, 2.05) is 0 Å². The maximum absolute atomic E-state index is 12.7. The Balaban J connectivity index is 1.52. The van der Waals surface area contributed by atoms with Crippen molar-refractivity contribution in [2.75, 3.05) is 5.73 Å². The van der Waals surface area contributed by atoms with Crippen LogP contribution in [0, 0.1) is 0 Å². The summed E-state index contributed by atoms with van der Waals surface area (Å²) in [4.78, 5) is 47.4. The van der Waals surface area contributed by atoms with E-state index in [1.54, 1.807) is 24.5 Å². The number of β-lactam (4-membered cyclic amide) rings is 1. The summed E-state index contributed by atoms with van der Waals surface area (Å²) >= 11 is 2.06. The van der Waals surface area contributed by atoms with E-state index in [9.17, 15) is 24.7 Å². The minimum absolute atomic E-state index is 0.0806. The van der Waals surface area contributed by atoms with E-state index in [2.05, 4.69) is 24.8 Å². The van der Waals surface area contributed by atoms with Crippen LogP contribution in [0.3, 0.4) is 0 Å². The Kier molecular flexibility index (Phi) is 5.56. The first kappa shape index (κ1) is 20.7. The molecule has 0 aliphatic carbocycles. The molecular weight excluding hydrogens is 446 g/mol. The molecule has 0 bridgehead atoms. The van der Waals surface area contributed by atoms with Gasteiger partial charge in [-0.05, 0) is 25.0 Å². The van der Waals surface area contributed by atoms with Gasteiger partial charge < -0.3 is 21.4 Å². The molecule has 2 amide bonds. The van der Waals surface area contributed by atoms with E-state index in [0.29, 0.717) is 17.7 Å². The zero-order valence-electron chi connectivity index (χ0n) is 15.6. The highest BCUT2D eigenvalue weighted by atomic mass is 32.2. The fraction of sp³-hybridized carbons (Fsp3) is 0.235. The Hall–Kier alpha value is -3.52. The first-order chi connectivity index (χ1) is 14.9. The van der Waals surface area contributed by atoms with E-state index in [4.69, 9.17) is 5.73 Å². The van der Waals surface area contributed by atoms with Crippen molar-refractivity contribution in [3.05, 3.63) is 41.0 Å². The number of pyridine rings is 1. The highest BCUT2D eigenvalue weighted by Gasteiger charge is 2.53. The molecule has 1 fully saturated rings. The lowest BCUT2D eigenvalue weighted by Gasteiger charge is -2.50. The second kappa shape index (κ2) is 8.31. The first-order valence-electron chi connectivity index (χ1n) is 8.90. The van der Waals surface area contributed by atoms with Gasteiger partial charge in [0.25, 0.3) is 11.8 Å². The van der Waals surface area contributed by atoms with Crippen LogP contribution in [-0.2, 0) is 14.4 Å². The minimum Gasteiger partial charge on any atom is -0.477 e. The summed E-state index contributed by atoms with van der Waals surface area (Å²) in [6, 6.07) is 2.04. The Bertz CT molecular complexity index is 1120. The number of hydrogen-bond donors (Lipinski definition) is 4. The fourth-order valence-electron chi connectivity index (χ4n) is 3.41. The number of anilines is 1. The SMILES string of the molecule is Nc1nc(/C(=N/O)C(=O)N[C@@H]2C(=O)N3C(C(=O)O)=C(Sc4cccnc4)CCC23)ns1. The number of amides is 2. The molecule has 4 rings (SSSR count). The Morgan fingerprint density at radius 3 is 2.84 bits per heavy atom. The molecule has 1 saturated heterocycles. The zero-order chi connectivity index (χ0) is 22.1. The van der Waals surface area contributed by atoms with Gasteiger partial charge >= 0.3 is 5.97 Å². The number of carboxylic acid groups (broad SMARTS) is 1. The van der Waals surface area contributed by atoms with E-state index in [1.165, 1.54) is 16.7 Å². The molecule has 0 aromatic carbocycles. The molecule has 2 aliphatic heterocycles. The summed E-state index contributed by atoms with van der Waals surface area (Å²) in [6.45, 7) is 0. The number of hydrogen-bond acceptors (Lipinski definition) is 11. The predicted octanol–water partition coefficient (Wildman–Crippen LogP) is 0.272. The number of aromatic nitrogens is 3. The molecule has 14 heteroatoms. The zero-order valence-corrected chi connectivity index (χ0v) is 17.3. The van der Waals surface area contributed by atoms with Crippen molar-refractivity contribution in [1.29, 1.82) is 0 Å². The lowest BCUT2D eigenvalue weighted by molar-refractivity contribution is -0.155. The Morgan fingerprint density at radius 1 is 1.42 bits per heavy atom. The molecule has 31 heavy (non-hydrogen) atoms. The van der Waals surface area contributed by atoms with E-state index in [0.717, 1.165) is 16.4 Å². The van der Waals surface area contributed by atoms with Gasteiger partial charge in [0.2, 0.25) is 11.5 Å². The quantitative estimate of drug-likeness (QED) is 0.201. The van der Waals surface area contributed by atoms with Crippen molar-refractivity contribution in [3.8, 4) is 0 Å². The number of nitrogens with one attached hydrogen (secondary N) is 1. The van der Waals surface area contributed by atoms with Crippen LogP contribution in [0.25, 0.3) is 0 Å². The van der Waals surface area contributed by atoms with Gasteiger partial charge in [0.05, 0.1) is 6.04 Å². The maximum Gasteiger partial charge on any atom is 0.353 e. The fourth-order valence-corrected chi connectivity index (χ4v) is 4.89. The number of nitrogens with two attached hydrogens (primary N) is 1. The largest absolute Gasteiger partial charge is 0.477 e. The topological polar surface area (TPSA) is 184 Å². The number of carbonyl (C=O) groups is 3. The Morgan fingerprint density at radius 2 is 2.23 bits per heavy atom. The van der Waals surface area contributed by atoms with Crippen LogP contribution >= 0.6 is 23.3 Å². The van der Waals surface area contributed by atoms with E-state index in [-0.39, 0.29) is 16.7 Å². The van der Waals surface area contributed by atoms with Gasteiger partial charge in [-0.15, -0.1) is 0 Å². The van der Waals surface area contributed by atoms with Gasteiger partial charge in [-0.1, -0.05) is 16.9 Å². The molecule has 12 nitrogen and oxygen atoms in total. The van der Waals surface area contributed by atoms with E-state index < -0.39 is 35.6 Å². The molecule has 160 valence electrons. The standard InChI is InChI=1S/C17H15N7O5S2/c18-17-21-13(23-31-17)11(22-29)14(25)20-10-8-3-4-9(30-7-2-1-5-19-6-7)12(16(27)28)24(8)15(10)26/h1-2,5-6,8,10,29H,3-4H2,(H,20,25)(H,27,28)(H2,18,21,23)/b22-11-/t8?,10-/m0/s1. The lowest BCUT2D eigenvalue weighted by Crippen LogP contribution is -2.72. The number of carboxylic acids is 1. The summed E-state index contributed by atoms with van der Waals surface area (Å²) in [6.07, 6.45) is 4.08. The van der Waals surface area contributed by atoms with Gasteiger partial charge in [0.15, 0.2) is 5.13 Å². The second-order valence-corrected chi connectivity index (χ2v) is 8.49. The van der Waals surface area contributed by atoms with Gasteiger partial charge in [-0.25, -0.2) is 4.79 Å². The lowest BCUT2D eigenvalue weighted by atomic mass is 9.86. The highest BCUT2D eigenvalue weighted by Crippen LogP contribution is 2.42. The number of thioether (sulfide) groups is 1. The van der Waals surface area contributed by atoms with E-state index >= 15 is 0 Å². The third kappa shape index (κ3) is 3.82. The maximum atomic E-state index is 12.7. The van der Waals surface area contributed by atoms with Crippen LogP contribution in [0.2, 0.25) is 0 Å². The molecule has 2 aromatic rings. The van der Waals surface area contributed by atoms with Gasteiger partial charge in [0, 0.05) is 33.7 Å². The monoisotopic (exact) mass is 461 g/mol. The third-order valence-electron chi connectivity index (χ3n) is 4.73. The number of fused-ring (bicyclic) bond motifs is 1. The number of aliphatic carboxylic acids is 1. The van der Waals surface area contributed by atoms with Crippen molar-refractivity contribution in [3.63, 3.8) is 0 Å². The number of rotatable bonds is 6. The summed E-state index contributed by atoms with van der Waals surface area (Å²) in [7, 11) is 0. The smallest absolute Gasteiger partial charge is 0.353 e. The Labute approximate surface area is 183 Å². The van der Waals surface area contributed by atoms with Crippen LogP contribution in [0.1, 0.15) is 18.7 Å². The van der Waals surface area contributed by atoms with Crippen molar-refractivity contribution in [2.24, 2.45) is 5.16 Å². The molecule has 0 spiro atoms. The van der Waals surface area contributed by atoms with Crippen LogP contribution in [0.4, 0.5) is 5.13 Å². The first-order valence-corrected chi connectivity index (χ1v) is 10.5. The van der Waals surface area contributed by atoms with Crippen molar-refractivity contribution in [2.45, 2.75) is 29.8 Å². The van der Waals surface area contributed by atoms with Gasteiger partial charge in [-0.3, -0.25) is 19.5 Å². The summed E-state index contributed by atoms with van der Waals surface area (Å²) in [5, 5.41) is 24.4. The molecule has 0 radical (unpaired) electrons. The molecule has 4 heterocycles. The molecule has 5 N–H and O–H groups in total. The summed E-state index contributed by atoms with van der Waals surface area (Å²) < 4.78 is 3.81. The number of allylic oxidation sites excluding steroid dienone is 1. The van der Waals surface area contributed by atoms with Crippen LogP contribution in [0.5, 0.6) is 0 Å². The average molecular weight is 461 g/mol. The average Bonchev–Trinajstić information content (AvgIpc) is 3.18. The number of carbonyl (C=O) groups excluding carboxylic acids is 2. The number of oxime groups is 1. The normalized spacial score (nSPS) is 20.8. The van der Waals surface area contributed by atoms with Crippen molar-refractivity contribution < 1.29 is 24.7 Å². The van der Waals surface area contributed by atoms with Crippen LogP contribution in [0.15, 0.2) is 45.2 Å². The number of nitrogens with zero attached hydrogens (tertiary/aromatic N) is 5. The highest BCUT2D eigenvalue weighted by molar-refractivity contribution is 8.03. The number of nitrogen functional groups attached to an aromatic ring is 1. The third-order valence-corrected chi connectivity index (χ3v) is 6.39. The molecular formula is C17H15N7O5S2. The van der Waals surface area contributed by atoms with Gasteiger partial charge in [-0.2, -0.15) is 9.36 Å². The summed E-state index contributed by atoms with van der Waals surface area (Å²) in [5.41, 5.74) is 4.89. The van der Waals surface area contributed by atoms with Crippen LogP contribution in [-0.4, -0.2) is 65.1 Å². The summed E-state index contributed by atoms with van der Waals surface area (Å²) in [5.74, 6) is -2.83. The molecule has 2 atom stereocenters. The van der Waals surface area contributed by atoms with Crippen LogP contribution < -0.4 is 11.1 Å². The minimum atomic E-state index is -1.23. The second-order valence-electron chi connectivity index (χ2n) is 6.54. The molecule has 2 aromatic heterocycles. The van der Waals surface area contributed by atoms with Crippen molar-refractivity contribution in [1.82, 2.24) is 24.6 Å². The van der Waals surface area contributed by atoms with Crippen molar-refractivity contribution >= 4 is 51.9 Å². The predicted molar refractivity (Wildman–Crippen MR) is 109 cm³/mol. The molecule has 0 saturated carbocycles. The molecule has 1 unspecified atom stereocenters.